The van der Waals surface area contributed by atoms with Gasteiger partial charge in [0.1, 0.15) is 0 Å². The van der Waals surface area contributed by atoms with Crippen molar-refractivity contribution in [3.05, 3.63) is 29.3 Å². The maximum absolute atomic E-state index is 12.3. The Hall–Kier alpha value is -0.221. The molecule has 0 aliphatic rings. The fourth-order valence-corrected chi connectivity index (χ4v) is 2.75. The molecule has 0 fully saturated rings. The Balaban J connectivity index is 3.25. The van der Waals surface area contributed by atoms with Gasteiger partial charge in [0.15, 0.2) is 0 Å². The van der Waals surface area contributed by atoms with Gasteiger partial charge in [-0.05, 0) is 0 Å². The van der Waals surface area contributed by atoms with Crippen LogP contribution in [0.3, 0.4) is 0 Å². The number of carbonyl (C=O) groups is 1. The summed E-state index contributed by atoms with van der Waals surface area (Å²) in [6.45, 7) is 0. The second-order valence-corrected chi connectivity index (χ2v) is 4.95. The second kappa shape index (κ2) is 4.74. The molecule has 1 aromatic carbocycles. The number of halogens is 5. The molecule has 15 heavy (non-hydrogen) atoms. The van der Waals surface area contributed by atoms with Crippen molar-refractivity contribution in [1.29, 1.82) is 0 Å². The first-order chi connectivity index (χ1) is 6.86. The van der Waals surface area contributed by atoms with Gasteiger partial charge in [0, 0.05) is 0 Å². The van der Waals surface area contributed by atoms with E-state index in [-0.39, 0.29) is 10.0 Å². The van der Waals surface area contributed by atoms with E-state index in [1.54, 1.807) is 0 Å². The molecule has 0 heterocycles. The average Bonchev–Trinajstić information content (AvgIpc) is 2.15. The van der Waals surface area contributed by atoms with E-state index in [4.69, 9.17) is 21.7 Å². The van der Waals surface area contributed by atoms with Crippen molar-refractivity contribution in [2.24, 2.45) is 0 Å². The molecule has 0 saturated heterocycles. The summed E-state index contributed by atoms with van der Waals surface area (Å²) in [4.78, 5) is 10.8. The Labute approximate surface area is 98.9 Å². The zero-order valence-electron chi connectivity index (χ0n) is 6.94. The topological polar surface area (TPSA) is 17.1 Å². The van der Waals surface area contributed by atoms with Crippen molar-refractivity contribution in [2.75, 3.05) is 0 Å². The SMILES string of the molecule is O=C(Cl)c1ccc(C(F)(F)F)cc1[Se]Cl. The van der Waals surface area contributed by atoms with E-state index in [0.29, 0.717) is 0 Å². The quantitative estimate of drug-likeness (QED) is 0.604. The fourth-order valence-electron chi connectivity index (χ4n) is 0.925. The minimum atomic E-state index is -4.44. The Morgan fingerprint density at radius 3 is 2.33 bits per heavy atom. The van der Waals surface area contributed by atoms with Crippen molar-refractivity contribution >= 4 is 45.4 Å². The maximum atomic E-state index is 12.3. The number of hydrogen-bond donors (Lipinski definition) is 0. The molecule has 7 heteroatoms. The summed E-state index contributed by atoms with van der Waals surface area (Å²) in [7, 11) is 5.48. The molecule has 0 bridgehead atoms. The molecule has 82 valence electrons. The molecule has 0 unspecified atom stereocenters. The predicted octanol–water partition coefficient (Wildman–Crippen LogP) is 2.57. The van der Waals surface area contributed by atoms with Crippen LogP contribution >= 0.6 is 21.7 Å². The van der Waals surface area contributed by atoms with Crippen molar-refractivity contribution < 1.29 is 18.0 Å². The van der Waals surface area contributed by atoms with Crippen molar-refractivity contribution in [3.8, 4) is 0 Å². The van der Waals surface area contributed by atoms with Crippen molar-refractivity contribution in [2.45, 2.75) is 6.18 Å². The molecule has 1 aromatic rings. The number of alkyl halides is 3. The first-order valence-corrected chi connectivity index (χ1v) is 7.04. The predicted molar refractivity (Wildman–Crippen MR) is 52.9 cm³/mol. The molecule has 0 aliphatic heterocycles. The van der Waals surface area contributed by atoms with Crippen LogP contribution in [0, 0.1) is 0 Å². The number of rotatable bonds is 2. The van der Waals surface area contributed by atoms with E-state index in [2.05, 4.69) is 0 Å². The van der Waals surface area contributed by atoms with E-state index >= 15 is 0 Å². The fraction of sp³-hybridized carbons (Fsp3) is 0.125. The van der Waals surface area contributed by atoms with Gasteiger partial charge in [-0.15, -0.1) is 0 Å². The van der Waals surface area contributed by atoms with Crippen LogP contribution in [-0.2, 0) is 6.18 Å². The van der Waals surface area contributed by atoms with E-state index in [1.165, 1.54) is 0 Å². The van der Waals surface area contributed by atoms with Crippen molar-refractivity contribution in [1.82, 2.24) is 0 Å². The van der Waals surface area contributed by atoms with Crippen molar-refractivity contribution in [3.63, 3.8) is 0 Å². The summed E-state index contributed by atoms with van der Waals surface area (Å²) in [6, 6.07) is 2.70. The van der Waals surface area contributed by atoms with Crippen LogP contribution < -0.4 is 4.46 Å². The number of hydrogen-bond acceptors (Lipinski definition) is 1. The standard InChI is InChI=1S/C8H3Cl2F3OSe/c9-7(14)5-2-1-4(8(11,12)13)3-6(5)15-10/h1-3H. The van der Waals surface area contributed by atoms with Crippen LogP contribution in [0.5, 0.6) is 0 Å². The molecule has 0 spiro atoms. The van der Waals surface area contributed by atoms with Crippen LogP contribution in [0.15, 0.2) is 18.2 Å². The third kappa shape index (κ3) is 3.11. The van der Waals surface area contributed by atoms with Gasteiger partial charge in [0.2, 0.25) is 0 Å². The van der Waals surface area contributed by atoms with Gasteiger partial charge in [-0.2, -0.15) is 0 Å². The van der Waals surface area contributed by atoms with Crippen LogP contribution in [0.1, 0.15) is 15.9 Å². The Bertz CT molecular complexity index is 392. The molecule has 0 aliphatic carbocycles. The zero-order valence-corrected chi connectivity index (χ0v) is 10.2. The summed E-state index contributed by atoms with van der Waals surface area (Å²) in [5.74, 6) is 0. The minimum absolute atomic E-state index is 0.0275. The summed E-state index contributed by atoms with van der Waals surface area (Å²) in [5.41, 5.74) is -0.804. The van der Waals surface area contributed by atoms with Crippen LogP contribution in [0.4, 0.5) is 13.2 Å². The van der Waals surface area contributed by atoms with Gasteiger partial charge < -0.3 is 0 Å². The molecule has 0 amide bonds. The van der Waals surface area contributed by atoms with Gasteiger partial charge in [0.25, 0.3) is 0 Å². The molecule has 0 saturated carbocycles. The van der Waals surface area contributed by atoms with Crippen LogP contribution in [-0.4, -0.2) is 19.3 Å². The first-order valence-electron chi connectivity index (χ1n) is 3.56. The summed E-state index contributed by atoms with van der Waals surface area (Å²) in [5, 5.41) is -0.804. The molecular formula is C8H3Cl2F3OSe. The van der Waals surface area contributed by atoms with Gasteiger partial charge in [0.05, 0.1) is 0 Å². The third-order valence-electron chi connectivity index (χ3n) is 1.60. The second-order valence-electron chi connectivity index (χ2n) is 2.56. The van der Waals surface area contributed by atoms with E-state index in [1.807, 2.05) is 0 Å². The Morgan fingerprint density at radius 2 is 1.93 bits per heavy atom. The van der Waals surface area contributed by atoms with Gasteiger partial charge >= 0.3 is 98.9 Å². The molecule has 1 rings (SSSR count). The molecular weight excluding hydrogens is 319 g/mol. The van der Waals surface area contributed by atoms with Gasteiger partial charge in [-0.3, -0.25) is 0 Å². The Morgan fingerprint density at radius 1 is 1.33 bits per heavy atom. The molecule has 1 nitrogen and oxygen atoms in total. The monoisotopic (exact) mass is 322 g/mol. The summed E-state index contributed by atoms with van der Waals surface area (Å²) < 4.78 is 37.0. The average molecular weight is 322 g/mol. The molecule has 0 N–H and O–H groups in total. The Kier molecular flexibility index (Phi) is 4.06. The molecule has 0 radical (unpaired) electrons. The summed E-state index contributed by atoms with van der Waals surface area (Å²) in [6.07, 6.45) is -4.44. The first kappa shape index (κ1) is 12.8. The van der Waals surface area contributed by atoms with Crippen LogP contribution in [0.2, 0.25) is 0 Å². The zero-order chi connectivity index (χ0) is 11.6. The van der Waals surface area contributed by atoms with Gasteiger partial charge in [-0.25, -0.2) is 0 Å². The van der Waals surface area contributed by atoms with Gasteiger partial charge in [-0.1, -0.05) is 0 Å². The molecule has 0 aromatic heterocycles. The summed E-state index contributed by atoms with van der Waals surface area (Å²) >= 11 is 4.45. The number of benzene rings is 1. The van der Waals surface area contributed by atoms with E-state index in [0.717, 1.165) is 18.2 Å². The third-order valence-corrected chi connectivity index (χ3v) is 3.73. The number of carbonyl (C=O) groups excluding carboxylic acids is 1. The van der Waals surface area contributed by atoms with Crippen LogP contribution in [0.25, 0.3) is 0 Å². The normalized spacial score (nSPS) is 11.5. The van der Waals surface area contributed by atoms with E-state index in [9.17, 15) is 18.0 Å². The van der Waals surface area contributed by atoms with E-state index < -0.39 is 31.0 Å². The molecule has 0 atom stereocenters.